The van der Waals surface area contributed by atoms with Crippen molar-refractivity contribution >= 4 is 58.0 Å². The molecule has 0 aliphatic carbocycles. The van der Waals surface area contributed by atoms with Crippen molar-refractivity contribution in [3.8, 4) is 5.75 Å². The second-order valence-corrected chi connectivity index (χ2v) is 7.93. The molecule has 2 amide bonds. The van der Waals surface area contributed by atoms with Gasteiger partial charge in [0.05, 0.1) is 22.9 Å². The summed E-state index contributed by atoms with van der Waals surface area (Å²) in [4.78, 5) is 24.6. The number of carbonyl (C=O) groups is 2. The summed E-state index contributed by atoms with van der Waals surface area (Å²) in [5.41, 5.74) is 0.928. The van der Waals surface area contributed by atoms with Crippen molar-refractivity contribution in [3.05, 3.63) is 58.1 Å². The van der Waals surface area contributed by atoms with Gasteiger partial charge in [-0.05, 0) is 55.4 Å². The Kier molecular flexibility index (Phi) is 11.2. The van der Waals surface area contributed by atoms with Crippen LogP contribution < -0.4 is 20.7 Å². The summed E-state index contributed by atoms with van der Waals surface area (Å²) in [6.07, 6.45) is 1.38. The van der Waals surface area contributed by atoms with Gasteiger partial charge in [0.15, 0.2) is 5.11 Å². The average Bonchev–Trinajstić information content (AvgIpc) is 2.75. The molecule has 0 atom stereocenters. The Balaban J connectivity index is 1.77. The molecule has 2 rings (SSSR count). The number of anilines is 1. The second-order valence-electron chi connectivity index (χ2n) is 6.68. The highest BCUT2D eigenvalue weighted by atomic mass is 35.5. The molecule has 0 unspecified atom stereocenters. The zero-order valence-corrected chi connectivity index (χ0v) is 19.9. The standard InChI is InChI=1S/C22H25Cl2N3O4S/c1-30-12-5-11-25-21(29)16-6-2-3-7-18(16)26-22(32)27-20(28)8-4-13-31-19-10-9-15(23)14-17(19)24/h2-3,6-7,9-10,14H,4-5,8,11-13H2,1H3,(H,25,29)(H2,26,27,28,32). The minimum Gasteiger partial charge on any atom is -0.492 e. The zero-order chi connectivity index (χ0) is 23.3. The van der Waals surface area contributed by atoms with Gasteiger partial charge in [0, 0.05) is 31.7 Å². The summed E-state index contributed by atoms with van der Waals surface area (Å²) in [6.45, 7) is 1.36. The van der Waals surface area contributed by atoms with E-state index in [0.717, 1.165) is 0 Å². The smallest absolute Gasteiger partial charge is 0.253 e. The van der Waals surface area contributed by atoms with Gasteiger partial charge in [0.25, 0.3) is 5.91 Å². The molecular formula is C22H25Cl2N3O4S. The number of para-hydroxylation sites is 1. The number of carbonyl (C=O) groups excluding carboxylic acids is 2. The quantitative estimate of drug-likeness (QED) is 0.314. The van der Waals surface area contributed by atoms with Crippen molar-refractivity contribution in [1.29, 1.82) is 0 Å². The normalized spacial score (nSPS) is 10.3. The molecular weight excluding hydrogens is 473 g/mol. The van der Waals surface area contributed by atoms with Crippen LogP contribution in [0.1, 0.15) is 29.6 Å². The van der Waals surface area contributed by atoms with Gasteiger partial charge in [-0.1, -0.05) is 35.3 Å². The van der Waals surface area contributed by atoms with E-state index in [-0.39, 0.29) is 23.3 Å². The molecule has 3 N–H and O–H groups in total. The van der Waals surface area contributed by atoms with Gasteiger partial charge in [-0.2, -0.15) is 0 Å². The Bertz CT molecular complexity index is 943. The SMILES string of the molecule is COCCCNC(=O)c1ccccc1NC(=S)NC(=O)CCCOc1ccc(Cl)cc1Cl. The van der Waals surface area contributed by atoms with Crippen LogP contribution >= 0.6 is 35.4 Å². The molecule has 0 aromatic heterocycles. The Morgan fingerprint density at radius 2 is 1.84 bits per heavy atom. The molecule has 0 heterocycles. The largest absolute Gasteiger partial charge is 0.492 e. The maximum atomic E-state index is 12.4. The van der Waals surface area contributed by atoms with Crippen LogP contribution in [0.2, 0.25) is 10.0 Å². The van der Waals surface area contributed by atoms with Gasteiger partial charge in [-0.25, -0.2) is 0 Å². The number of ether oxygens (including phenoxy) is 2. The molecule has 2 aromatic rings. The van der Waals surface area contributed by atoms with Crippen LogP contribution in [0.4, 0.5) is 5.69 Å². The van der Waals surface area contributed by atoms with E-state index in [0.29, 0.717) is 59.6 Å². The van der Waals surface area contributed by atoms with E-state index >= 15 is 0 Å². The summed E-state index contributed by atoms with van der Waals surface area (Å²) in [5, 5.41) is 9.37. The number of thiocarbonyl (C=S) groups is 1. The van der Waals surface area contributed by atoms with Crippen molar-refractivity contribution in [2.45, 2.75) is 19.3 Å². The summed E-state index contributed by atoms with van der Waals surface area (Å²) in [5.74, 6) is -0.00286. The fourth-order valence-corrected chi connectivity index (χ4v) is 3.34. The third-order valence-electron chi connectivity index (χ3n) is 4.18. The number of rotatable bonds is 11. The molecule has 0 radical (unpaired) electrons. The lowest BCUT2D eigenvalue weighted by atomic mass is 10.1. The van der Waals surface area contributed by atoms with Crippen molar-refractivity contribution in [2.75, 3.05) is 32.2 Å². The van der Waals surface area contributed by atoms with Crippen LogP contribution in [0.15, 0.2) is 42.5 Å². The summed E-state index contributed by atoms with van der Waals surface area (Å²) < 4.78 is 10.5. The number of methoxy groups -OCH3 is 1. The number of hydrogen-bond donors (Lipinski definition) is 3. The van der Waals surface area contributed by atoms with Crippen molar-refractivity contribution in [2.24, 2.45) is 0 Å². The van der Waals surface area contributed by atoms with E-state index in [9.17, 15) is 9.59 Å². The lowest BCUT2D eigenvalue weighted by molar-refractivity contribution is -0.119. The Morgan fingerprint density at radius 3 is 2.59 bits per heavy atom. The molecule has 7 nitrogen and oxygen atoms in total. The van der Waals surface area contributed by atoms with Crippen LogP contribution in [0.3, 0.4) is 0 Å². The molecule has 0 aliphatic heterocycles. The van der Waals surface area contributed by atoms with E-state index in [2.05, 4.69) is 16.0 Å². The van der Waals surface area contributed by atoms with Gasteiger partial charge in [-0.15, -0.1) is 0 Å². The van der Waals surface area contributed by atoms with Crippen LogP contribution in [-0.4, -0.2) is 43.8 Å². The number of amides is 2. The predicted molar refractivity (Wildman–Crippen MR) is 131 cm³/mol. The number of nitrogens with one attached hydrogen (secondary N) is 3. The average molecular weight is 498 g/mol. The monoisotopic (exact) mass is 497 g/mol. The number of halogens is 2. The van der Waals surface area contributed by atoms with Crippen LogP contribution in [0.25, 0.3) is 0 Å². The summed E-state index contributed by atoms with van der Waals surface area (Å²) in [6, 6.07) is 11.9. The first-order valence-corrected chi connectivity index (χ1v) is 11.1. The molecule has 172 valence electrons. The molecule has 0 aliphatic rings. The van der Waals surface area contributed by atoms with E-state index in [4.69, 9.17) is 44.9 Å². The van der Waals surface area contributed by atoms with Crippen LogP contribution in [0.5, 0.6) is 5.75 Å². The molecule has 0 saturated carbocycles. The first-order chi connectivity index (χ1) is 15.4. The molecule has 0 bridgehead atoms. The Morgan fingerprint density at radius 1 is 1.06 bits per heavy atom. The van der Waals surface area contributed by atoms with Gasteiger partial charge in [0.2, 0.25) is 5.91 Å². The fourth-order valence-electron chi connectivity index (χ4n) is 2.65. The van der Waals surface area contributed by atoms with E-state index in [1.807, 2.05) is 0 Å². The van der Waals surface area contributed by atoms with Crippen molar-refractivity contribution in [1.82, 2.24) is 10.6 Å². The molecule has 0 saturated heterocycles. The highest BCUT2D eigenvalue weighted by Gasteiger charge is 2.13. The molecule has 0 spiro atoms. The number of benzene rings is 2. The van der Waals surface area contributed by atoms with Crippen molar-refractivity contribution in [3.63, 3.8) is 0 Å². The predicted octanol–water partition coefficient (Wildman–Crippen LogP) is 4.43. The van der Waals surface area contributed by atoms with Gasteiger partial charge >= 0.3 is 0 Å². The maximum Gasteiger partial charge on any atom is 0.253 e. The summed E-state index contributed by atoms with van der Waals surface area (Å²) in [7, 11) is 1.61. The fraction of sp³-hybridized carbons (Fsp3) is 0.318. The van der Waals surface area contributed by atoms with Gasteiger partial charge in [-0.3, -0.25) is 9.59 Å². The molecule has 32 heavy (non-hydrogen) atoms. The third-order valence-corrected chi connectivity index (χ3v) is 4.92. The lowest BCUT2D eigenvalue weighted by Gasteiger charge is -2.14. The highest BCUT2D eigenvalue weighted by Crippen LogP contribution is 2.27. The van der Waals surface area contributed by atoms with Gasteiger partial charge in [0.1, 0.15) is 5.75 Å². The molecule has 10 heteroatoms. The second kappa shape index (κ2) is 13.9. The maximum absolute atomic E-state index is 12.4. The minimum absolute atomic E-state index is 0.108. The first-order valence-electron chi connectivity index (χ1n) is 9.95. The molecule has 2 aromatic carbocycles. The van der Waals surface area contributed by atoms with E-state index in [1.165, 1.54) is 0 Å². The topological polar surface area (TPSA) is 88.7 Å². The molecule has 0 fully saturated rings. The van der Waals surface area contributed by atoms with E-state index < -0.39 is 0 Å². The van der Waals surface area contributed by atoms with Gasteiger partial charge < -0.3 is 25.4 Å². The third kappa shape index (κ3) is 9.00. The highest BCUT2D eigenvalue weighted by molar-refractivity contribution is 7.80. The van der Waals surface area contributed by atoms with Crippen LogP contribution in [0, 0.1) is 0 Å². The minimum atomic E-state index is -0.269. The Hall–Kier alpha value is -2.39. The van der Waals surface area contributed by atoms with Crippen molar-refractivity contribution < 1.29 is 19.1 Å². The van der Waals surface area contributed by atoms with E-state index in [1.54, 1.807) is 49.6 Å². The lowest BCUT2D eigenvalue weighted by Crippen LogP contribution is -2.35. The first kappa shape index (κ1) is 25.9. The number of hydrogen-bond acceptors (Lipinski definition) is 5. The zero-order valence-electron chi connectivity index (χ0n) is 17.6. The Labute approximate surface area is 202 Å². The van der Waals surface area contributed by atoms with Crippen LogP contribution in [-0.2, 0) is 9.53 Å². The summed E-state index contributed by atoms with van der Waals surface area (Å²) >= 11 is 17.1.